The lowest BCUT2D eigenvalue weighted by molar-refractivity contribution is -0.941. The molecule has 2 aromatic rings. The monoisotopic (exact) mass is 397 g/mol. The molecule has 1 aliphatic heterocycles. The van der Waals surface area contributed by atoms with Gasteiger partial charge in [0.1, 0.15) is 13.1 Å². The van der Waals surface area contributed by atoms with Crippen LogP contribution in [0, 0.1) is 0 Å². The summed E-state index contributed by atoms with van der Waals surface area (Å²) in [6.07, 6.45) is 9.85. The van der Waals surface area contributed by atoms with E-state index in [1.165, 1.54) is 55.4 Å². The fourth-order valence-electron chi connectivity index (χ4n) is 4.62. The van der Waals surface area contributed by atoms with E-state index in [-0.39, 0.29) is 12.5 Å². The predicted molar refractivity (Wildman–Crippen MR) is 111 cm³/mol. The van der Waals surface area contributed by atoms with E-state index in [1.54, 1.807) is 4.90 Å². The minimum Gasteiger partial charge on any atom is -0.352 e. The lowest BCUT2D eigenvalue weighted by Crippen LogP contribution is -3.14. The van der Waals surface area contributed by atoms with Gasteiger partial charge in [-0.25, -0.2) is 0 Å². The zero-order valence-electron chi connectivity index (χ0n) is 17.4. The van der Waals surface area contributed by atoms with Gasteiger partial charge in [0.15, 0.2) is 0 Å². The van der Waals surface area contributed by atoms with Crippen molar-refractivity contribution in [3.05, 3.63) is 29.8 Å². The summed E-state index contributed by atoms with van der Waals surface area (Å²) in [5, 5.41) is 15.7. The van der Waals surface area contributed by atoms with Gasteiger partial charge in [-0.1, -0.05) is 43.5 Å². The van der Waals surface area contributed by atoms with Crippen molar-refractivity contribution in [3.63, 3.8) is 0 Å². The zero-order chi connectivity index (χ0) is 20.1. The van der Waals surface area contributed by atoms with Gasteiger partial charge >= 0.3 is 0 Å². The van der Waals surface area contributed by atoms with Crippen LogP contribution in [-0.4, -0.2) is 44.7 Å². The van der Waals surface area contributed by atoms with Crippen molar-refractivity contribution in [1.29, 1.82) is 0 Å². The van der Waals surface area contributed by atoms with Crippen LogP contribution in [0.2, 0.25) is 0 Å². The molecule has 7 nitrogen and oxygen atoms in total. The number of tetrazole rings is 1. The molecule has 1 unspecified atom stereocenters. The summed E-state index contributed by atoms with van der Waals surface area (Å²) in [5.74, 6) is 0.538. The first-order valence-corrected chi connectivity index (χ1v) is 11.2. The van der Waals surface area contributed by atoms with Crippen LogP contribution in [-0.2, 0) is 17.9 Å². The van der Waals surface area contributed by atoms with Crippen LogP contribution >= 0.6 is 0 Å². The number of hydrogen-bond acceptors (Lipinski definition) is 4. The number of nitrogens with one attached hydrogen (secondary N) is 2. The normalized spacial score (nSPS) is 23.1. The van der Waals surface area contributed by atoms with E-state index < -0.39 is 0 Å². The highest BCUT2D eigenvalue weighted by molar-refractivity contribution is 5.75. The summed E-state index contributed by atoms with van der Waals surface area (Å²) in [6, 6.07) is 9.50. The Morgan fingerprint density at radius 2 is 1.86 bits per heavy atom. The molecule has 7 heteroatoms. The fraction of sp³-hybridized carbons (Fsp3) is 0.636. The SMILES string of the molecule is C[C@H]1CCCC[NH+]1Cc1ccc(-c2nnn(CC(=O)NC3CCCCC3)n2)cc1. The number of aromatic nitrogens is 4. The van der Waals surface area contributed by atoms with Crippen LogP contribution in [0.4, 0.5) is 0 Å². The van der Waals surface area contributed by atoms with Gasteiger partial charge in [0.2, 0.25) is 11.7 Å². The molecule has 156 valence electrons. The lowest BCUT2D eigenvalue weighted by atomic mass is 9.95. The lowest BCUT2D eigenvalue weighted by Gasteiger charge is -2.30. The van der Waals surface area contributed by atoms with Crippen molar-refractivity contribution in [2.24, 2.45) is 0 Å². The van der Waals surface area contributed by atoms with E-state index in [0.717, 1.165) is 31.0 Å². The van der Waals surface area contributed by atoms with Crippen molar-refractivity contribution in [2.75, 3.05) is 6.54 Å². The van der Waals surface area contributed by atoms with E-state index in [9.17, 15) is 4.79 Å². The molecule has 29 heavy (non-hydrogen) atoms. The minimum atomic E-state index is -0.0326. The van der Waals surface area contributed by atoms with Crippen LogP contribution < -0.4 is 10.2 Å². The van der Waals surface area contributed by atoms with E-state index in [4.69, 9.17) is 0 Å². The van der Waals surface area contributed by atoms with Gasteiger partial charge in [0.25, 0.3) is 0 Å². The van der Waals surface area contributed by atoms with Crippen molar-refractivity contribution < 1.29 is 9.69 Å². The quantitative estimate of drug-likeness (QED) is 0.779. The molecule has 1 saturated carbocycles. The summed E-state index contributed by atoms with van der Waals surface area (Å²) in [7, 11) is 0. The Bertz CT molecular complexity index is 796. The van der Waals surface area contributed by atoms with Gasteiger partial charge in [-0.15, -0.1) is 10.2 Å². The van der Waals surface area contributed by atoms with E-state index in [1.807, 2.05) is 0 Å². The Morgan fingerprint density at radius 1 is 1.10 bits per heavy atom. The van der Waals surface area contributed by atoms with E-state index in [2.05, 4.69) is 51.9 Å². The number of likely N-dealkylation sites (tertiary alicyclic amines) is 1. The summed E-state index contributed by atoms with van der Waals surface area (Å²) in [6.45, 7) is 4.82. The molecule has 2 atom stereocenters. The Kier molecular flexibility index (Phi) is 6.54. The molecule has 2 N–H and O–H groups in total. The van der Waals surface area contributed by atoms with Crippen LogP contribution in [0.1, 0.15) is 63.9 Å². The van der Waals surface area contributed by atoms with Crippen molar-refractivity contribution in [3.8, 4) is 11.4 Å². The third-order valence-corrected chi connectivity index (χ3v) is 6.43. The fourth-order valence-corrected chi connectivity index (χ4v) is 4.62. The van der Waals surface area contributed by atoms with E-state index >= 15 is 0 Å². The Labute approximate surface area is 172 Å². The van der Waals surface area contributed by atoms with E-state index in [0.29, 0.717) is 11.9 Å². The van der Waals surface area contributed by atoms with Crippen molar-refractivity contribution >= 4 is 5.91 Å². The van der Waals surface area contributed by atoms with Crippen LogP contribution in [0.25, 0.3) is 11.4 Å². The number of nitrogens with zero attached hydrogens (tertiary/aromatic N) is 4. The van der Waals surface area contributed by atoms with Crippen LogP contribution in [0.3, 0.4) is 0 Å². The number of quaternary nitrogens is 1. The third kappa shape index (κ3) is 5.41. The molecule has 2 fully saturated rings. The first kappa shape index (κ1) is 20.0. The molecule has 1 saturated heterocycles. The van der Waals surface area contributed by atoms with Gasteiger partial charge in [0.05, 0.1) is 12.6 Å². The van der Waals surface area contributed by atoms with Crippen molar-refractivity contribution in [2.45, 2.75) is 83.5 Å². The average molecular weight is 398 g/mol. The topological polar surface area (TPSA) is 77.1 Å². The summed E-state index contributed by atoms with van der Waals surface area (Å²) in [5.41, 5.74) is 2.28. The smallest absolute Gasteiger partial charge is 0.243 e. The molecule has 2 heterocycles. The number of carbonyl (C=O) groups excluding carboxylic acids is 1. The van der Waals surface area contributed by atoms with Gasteiger partial charge in [-0.2, -0.15) is 4.80 Å². The summed E-state index contributed by atoms with van der Waals surface area (Å²) < 4.78 is 0. The maximum Gasteiger partial charge on any atom is 0.243 e. The van der Waals surface area contributed by atoms with Gasteiger partial charge in [0, 0.05) is 17.2 Å². The number of rotatable bonds is 6. The standard InChI is InChI=1S/C22H32N6O/c1-17-7-5-6-14-27(17)15-18-10-12-19(13-11-18)22-24-26-28(25-22)16-21(29)23-20-8-3-2-4-9-20/h10-13,17,20H,2-9,14-16H2,1H3,(H,23,29)/p+1/t17-/m0/s1. The number of amides is 1. The molecule has 1 amide bonds. The Hall–Kier alpha value is -2.28. The largest absolute Gasteiger partial charge is 0.352 e. The highest BCUT2D eigenvalue weighted by atomic mass is 16.2. The van der Waals surface area contributed by atoms with Crippen molar-refractivity contribution in [1.82, 2.24) is 25.5 Å². The summed E-state index contributed by atoms with van der Waals surface area (Å²) in [4.78, 5) is 15.3. The molecule has 2 aliphatic rings. The number of piperidine rings is 1. The number of benzene rings is 1. The maximum atomic E-state index is 12.2. The number of hydrogen-bond donors (Lipinski definition) is 2. The second-order valence-electron chi connectivity index (χ2n) is 8.72. The second kappa shape index (κ2) is 9.48. The predicted octanol–water partition coefficient (Wildman–Crippen LogP) is 1.75. The molecule has 1 aromatic heterocycles. The van der Waals surface area contributed by atoms with Gasteiger partial charge < -0.3 is 10.2 Å². The zero-order valence-corrected chi connectivity index (χ0v) is 17.4. The molecule has 0 bridgehead atoms. The average Bonchev–Trinajstić information content (AvgIpc) is 3.19. The maximum absolute atomic E-state index is 12.2. The molecule has 0 radical (unpaired) electrons. The first-order valence-electron chi connectivity index (χ1n) is 11.2. The second-order valence-corrected chi connectivity index (χ2v) is 8.72. The van der Waals surface area contributed by atoms with Crippen LogP contribution in [0.5, 0.6) is 0 Å². The van der Waals surface area contributed by atoms with Gasteiger partial charge in [-0.05, 0) is 44.2 Å². The summed E-state index contributed by atoms with van der Waals surface area (Å²) >= 11 is 0. The molecular weight excluding hydrogens is 364 g/mol. The minimum absolute atomic E-state index is 0.0326. The molecule has 1 aliphatic carbocycles. The highest BCUT2D eigenvalue weighted by Gasteiger charge is 2.22. The van der Waals surface area contributed by atoms with Crippen LogP contribution in [0.15, 0.2) is 24.3 Å². The Morgan fingerprint density at radius 3 is 2.62 bits per heavy atom. The molecular formula is C22H33N6O+. The molecule has 0 spiro atoms. The molecule has 4 rings (SSSR count). The molecule has 1 aromatic carbocycles. The highest BCUT2D eigenvalue weighted by Crippen LogP contribution is 2.17. The number of carbonyl (C=O) groups is 1. The first-order chi connectivity index (χ1) is 14.2. The third-order valence-electron chi connectivity index (χ3n) is 6.43. The van der Waals surface area contributed by atoms with Gasteiger partial charge in [-0.3, -0.25) is 4.79 Å². The Balaban J connectivity index is 1.32.